The van der Waals surface area contributed by atoms with E-state index < -0.39 is 5.97 Å². The summed E-state index contributed by atoms with van der Waals surface area (Å²) in [6, 6.07) is 12.2. The minimum absolute atomic E-state index is 0.104. The van der Waals surface area contributed by atoms with Crippen LogP contribution in [-0.4, -0.2) is 35.5 Å². The van der Waals surface area contributed by atoms with E-state index in [0.717, 1.165) is 11.3 Å². The van der Waals surface area contributed by atoms with E-state index in [-0.39, 0.29) is 17.4 Å². The number of carbonyl (C=O) groups excluding carboxylic acids is 2. The van der Waals surface area contributed by atoms with Crippen molar-refractivity contribution < 1.29 is 14.3 Å². The van der Waals surface area contributed by atoms with Crippen LogP contribution in [0.3, 0.4) is 0 Å². The number of ether oxygens (including phenoxy) is 1. The molecule has 0 aliphatic rings. The van der Waals surface area contributed by atoms with E-state index in [1.807, 2.05) is 11.0 Å². The molecule has 152 valence electrons. The van der Waals surface area contributed by atoms with E-state index in [2.05, 4.69) is 21.2 Å². The zero-order valence-corrected chi connectivity index (χ0v) is 16.6. The first-order chi connectivity index (χ1) is 14.4. The third-order valence-corrected chi connectivity index (χ3v) is 4.37. The van der Waals surface area contributed by atoms with Gasteiger partial charge in [0.25, 0.3) is 5.56 Å². The van der Waals surface area contributed by atoms with Gasteiger partial charge in [0.05, 0.1) is 30.1 Å². The van der Waals surface area contributed by atoms with Crippen molar-refractivity contribution >= 4 is 34.4 Å². The van der Waals surface area contributed by atoms with E-state index in [4.69, 9.17) is 11.2 Å². The van der Waals surface area contributed by atoms with Gasteiger partial charge >= 0.3 is 5.97 Å². The summed E-state index contributed by atoms with van der Waals surface area (Å²) in [6.07, 6.45) is 5.53. The molecule has 1 aromatic heterocycles. The molecule has 1 heterocycles. The number of hydrogen-bond acceptors (Lipinski definition) is 6. The molecule has 0 atom stereocenters. The maximum atomic E-state index is 12.4. The number of anilines is 2. The van der Waals surface area contributed by atoms with Crippen molar-refractivity contribution in [3.63, 3.8) is 0 Å². The molecule has 2 aromatic carbocycles. The van der Waals surface area contributed by atoms with Crippen molar-refractivity contribution in [3.8, 4) is 12.3 Å². The lowest BCUT2D eigenvalue weighted by Crippen LogP contribution is -2.23. The number of aromatic amines is 1. The number of aromatic nitrogens is 2. The van der Waals surface area contributed by atoms with Crippen molar-refractivity contribution in [2.75, 3.05) is 23.9 Å². The van der Waals surface area contributed by atoms with Gasteiger partial charge in [-0.25, -0.2) is 9.78 Å². The fourth-order valence-electron chi connectivity index (χ4n) is 3.01. The Morgan fingerprint density at radius 3 is 2.60 bits per heavy atom. The number of nitrogens with one attached hydrogen (secondary N) is 2. The Bertz CT molecular complexity index is 1190. The summed E-state index contributed by atoms with van der Waals surface area (Å²) in [6.45, 7) is 2.13. The van der Waals surface area contributed by atoms with Crippen LogP contribution in [0.1, 0.15) is 22.8 Å². The first-order valence-electron chi connectivity index (χ1n) is 9.08. The summed E-state index contributed by atoms with van der Waals surface area (Å²) in [4.78, 5) is 44.0. The number of benzene rings is 2. The minimum Gasteiger partial charge on any atom is -0.465 e. The lowest BCUT2D eigenvalue weighted by molar-refractivity contribution is -0.114. The number of H-pyrrole nitrogens is 1. The fourth-order valence-corrected chi connectivity index (χ4v) is 3.01. The second kappa shape index (κ2) is 8.92. The Balaban J connectivity index is 1.89. The van der Waals surface area contributed by atoms with Crippen molar-refractivity contribution in [2.45, 2.75) is 13.5 Å². The second-order valence-corrected chi connectivity index (χ2v) is 6.55. The lowest BCUT2D eigenvalue weighted by atomic mass is 10.1. The highest BCUT2D eigenvalue weighted by atomic mass is 16.5. The lowest BCUT2D eigenvalue weighted by Gasteiger charge is -2.23. The molecule has 1 amide bonds. The van der Waals surface area contributed by atoms with Crippen LogP contribution < -0.4 is 15.8 Å². The average molecular weight is 404 g/mol. The number of methoxy groups -OCH3 is 1. The summed E-state index contributed by atoms with van der Waals surface area (Å²) < 4.78 is 4.71. The third-order valence-electron chi connectivity index (χ3n) is 4.37. The van der Waals surface area contributed by atoms with Gasteiger partial charge in [0.2, 0.25) is 11.9 Å². The number of hydrogen-bond donors (Lipinski definition) is 2. The summed E-state index contributed by atoms with van der Waals surface area (Å²) in [7, 11) is 1.33. The average Bonchev–Trinajstić information content (AvgIpc) is 2.73. The summed E-state index contributed by atoms with van der Waals surface area (Å²) >= 11 is 0. The van der Waals surface area contributed by atoms with E-state index >= 15 is 0 Å². The molecule has 0 radical (unpaired) electrons. The molecule has 0 saturated carbocycles. The molecule has 0 spiro atoms. The quantitative estimate of drug-likeness (QED) is 0.483. The molecular weight excluding hydrogens is 384 g/mol. The van der Waals surface area contributed by atoms with E-state index in [1.165, 1.54) is 14.0 Å². The highest BCUT2D eigenvalue weighted by molar-refractivity contribution is 5.90. The van der Waals surface area contributed by atoms with Crippen LogP contribution in [-0.2, 0) is 16.1 Å². The Morgan fingerprint density at radius 2 is 1.97 bits per heavy atom. The van der Waals surface area contributed by atoms with Gasteiger partial charge in [0.15, 0.2) is 0 Å². The molecule has 0 aliphatic heterocycles. The molecule has 3 aromatic rings. The highest BCUT2D eigenvalue weighted by Gasteiger charge is 2.11. The van der Waals surface area contributed by atoms with Gasteiger partial charge in [0, 0.05) is 19.2 Å². The zero-order valence-electron chi connectivity index (χ0n) is 16.6. The maximum absolute atomic E-state index is 12.4. The molecule has 0 unspecified atom stereocenters. The van der Waals surface area contributed by atoms with Crippen LogP contribution in [0.4, 0.5) is 11.6 Å². The van der Waals surface area contributed by atoms with Gasteiger partial charge in [-0.1, -0.05) is 12.0 Å². The normalized spacial score (nSPS) is 10.3. The topological polar surface area (TPSA) is 104 Å². The second-order valence-electron chi connectivity index (χ2n) is 6.55. The molecule has 0 saturated heterocycles. The molecular formula is C22H20N4O4. The summed E-state index contributed by atoms with van der Waals surface area (Å²) in [5.74, 6) is 1.99. The minimum atomic E-state index is -0.412. The van der Waals surface area contributed by atoms with Crippen LogP contribution in [0.5, 0.6) is 0 Å². The largest absolute Gasteiger partial charge is 0.465 e. The van der Waals surface area contributed by atoms with Crippen molar-refractivity contribution in [1.82, 2.24) is 9.97 Å². The Morgan fingerprint density at radius 1 is 1.23 bits per heavy atom. The van der Waals surface area contributed by atoms with Crippen molar-refractivity contribution in [2.24, 2.45) is 0 Å². The van der Waals surface area contributed by atoms with Crippen molar-refractivity contribution in [1.29, 1.82) is 0 Å². The number of carbonyl (C=O) groups is 2. The molecule has 8 heteroatoms. The molecule has 3 rings (SSSR count). The van der Waals surface area contributed by atoms with E-state index in [0.29, 0.717) is 29.6 Å². The monoisotopic (exact) mass is 404 g/mol. The first-order valence-corrected chi connectivity index (χ1v) is 9.08. The van der Waals surface area contributed by atoms with Crippen LogP contribution in [0.15, 0.2) is 47.3 Å². The molecule has 0 fully saturated rings. The number of esters is 1. The number of fused-ring (bicyclic) bond motifs is 1. The van der Waals surface area contributed by atoms with E-state index in [1.54, 1.807) is 36.4 Å². The molecule has 0 bridgehead atoms. The fraction of sp³-hybridized carbons (Fsp3) is 0.182. The maximum Gasteiger partial charge on any atom is 0.337 e. The van der Waals surface area contributed by atoms with E-state index in [9.17, 15) is 14.4 Å². The van der Waals surface area contributed by atoms with Gasteiger partial charge in [-0.05, 0) is 42.0 Å². The molecule has 30 heavy (non-hydrogen) atoms. The summed E-state index contributed by atoms with van der Waals surface area (Å²) in [5, 5.41) is 2.88. The Labute approximate surface area is 172 Å². The highest BCUT2D eigenvalue weighted by Crippen LogP contribution is 2.20. The van der Waals surface area contributed by atoms with Gasteiger partial charge < -0.3 is 9.64 Å². The third kappa shape index (κ3) is 4.64. The van der Waals surface area contributed by atoms with Gasteiger partial charge in [-0.3, -0.25) is 19.9 Å². The number of nitrogens with zero attached hydrogens (tertiary/aromatic N) is 2. The van der Waals surface area contributed by atoms with Crippen LogP contribution >= 0.6 is 0 Å². The predicted molar refractivity (Wildman–Crippen MR) is 114 cm³/mol. The predicted octanol–water partition coefficient (Wildman–Crippen LogP) is 2.31. The van der Waals surface area contributed by atoms with Gasteiger partial charge in [0.1, 0.15) is 0 Å². The van der Waals surface area contributed by atoms with Gasteiger partial charge in [-0.15, -0.1) is 6.42 Å². The number of terminal acetylenes is 1. The summed E-state index contributed by atoms with van der Waals surface area (Å²) in [5.41, 5.74) is 2.25. The van der Waals surface area contributed by atoms with Crippen molar-refractivity contribution in [3.05, 3.63) is 63.9 Å². The molecule has 8 nitrogen and oxygen atoms in total. The SMILES string of the molecule is C#CCN(Cc1ccc2nc(NC(C)=O)[nH]c(=O)c2c1)c1ccc(C(=O)OC)cc1. The molecule has 0 aliphatic carbocycles. The molecule has 2 N–H and O–H groups in total. The standard InChI is InChI=1S/C22H20N4O4/c1-4-11-26(17-8-6-16(7-9-17)21(29)30-3)13-15-5-10-19-18(12-15)20(28)25-22(24-19)23-14(2)27/h1,5-10,12H,11,13H2,2-3H3,(H2,23,24,25,27,28). The Kier molecular flexibility index (Phi) is 6.13. The first kappa shape index (κ1) is 20.6. The Hall–Kier alpha value is -4.12. The van der Waals surface area contributed by atoms with Gasteiger partial charge in [-0.2, -0.15) is 0 Å². The smallest absolute Gasteiger partial charge is 0.337 e. The number of amides is 1. The zero-order chi connectivity index (χ0) is 21.7. The van der Waals surface area contributed by atoms with Crippen LogP contribution in [0.2, 0.25) is 0 Å². The number of rotatable bonds is 6. The van der Waals surface area contributed by atoms with Crippen LogP contribution in [0, 0.1) is 12.3 Å². The van der Waals surface area contributed by atoms with Crippen LogP contribution in [0.25, 0.3) is 10.9 Å².